The van der Waals surface area contributed by atoms with Gasteiger partial charge in [0.05, 0.1) is 12.0 Å². The van der Waals surface area contributed by atoms with Crippen LogP contribution in [-0.4, -0.2) is 17.7 Å². The van der Waals surface area contributed by atoms with Crippen LogP contribution in [0.2, 0.25) is 0 Å². The van der Waals surface area contributed by atoms with Crippen LogP contribution in [0.25, 0.3) is 0 Å². The lowest BCUT2D eigenvalue weighted by Gasteiger charge is -2.23. The molecule has 0 aromatic carbocycles. The summed E-state index contributed by atoms with van der Waals surface area (Å²) in [5.74, 6) is 0.472. The van der Waals surface area contributed by atoms with Crippen LogP contribution in [0.4, 0.5) is 4.79 Å². The molecule has 4 atom stereocenters. The Morgan fingerprint density at radius 2 is 2.18 bits per heavy atom. The third-order valence-corrected chi connectivity index (χ3v) is 3.30. The van der Waals surface area contributed by atoms with Gasteiger partial charge in [0.15, 0.2) is 0 Å². The summed E-state index contributed by atoms with van der Waals surface area (Å²) in [6.07, 6.45) is 4.60. The fourth-order valence-electron chi connectivity index (χ4n) is 2.64. The predicted molar refractivity (Wildman–Crippen MR) is 63.0 cm³/mol. The summed E-state index contributed by atoms with van der Waals surface area (Å²) < 4.78 is 5.23. The van der Waals surface area contributed by atoms with E-state index in [9.17, 15) is 4.79 Å². The van der Waals surface area contributed by atoms with Crippen LogP contribution in [0, 0.1) is 29.1 Å². The maximum absolute atomic E-state index is 11.7. The van der Waals surface area contributed by atoms with Gasteiger partial charge in [0.2, 0.25) is 0 Å². The second-order valence-corrected chi connectivity index (χ2v) is 5.77. The van der Waals surface area contributed by atoms with Gasteiger partial charge in [0.25, 0.3) is 0 Å². The number of ether oxygens (including phenoxy) is 1. The Bertz CT molecular complexity index is 389. The number of fused-ring (bicyclic) bond motifs is 2. The minimum absolute atomic E-state index is 0.0323. The van der Waals surface area contributed by atoms with Gasteiger partial charge < -0.3 is 10.1 Å². The van der Waals surface area contributed by atoms with Crippen LogP contribution < -0.4 is 5.32 Å². The molecule has 0 aliphatic heterocycles. The summed E-state index contributed by atoms with van der Waals surface area (Å²) in [4.78, 5) is 11.7. The Labute approximate surface area is 102 Å². The van der Waals surface area contributed by atoms with E-state index in [0.29, 0.717) is 0 Å². The van der Waals surface area contributed by atoms with E-state index in [1.807, 2.05) is 26.8 Å². The number of nitriles is 1. The van der Waals surface area contributed by atoms with Crippen molar-refractivity contribution in [2.24, 2.45) is 17.8 Å². The first-order valence-electron chi connectivity index (χ1n) is 5.98. The summed E-state index contributed by atoms with van der Waals surface area (Å²) in [5.41, 5.74) is -0.482. The van der Waals surface area contributed by atoms with Gasteiger partial charge >= 0.3 is 6.09 Å². The number of hydrogen-bond donors (Lipinski definition) is 1. The maximum atomic E-state index is 11.7. The minimum Gasteiger partial charge on any atom is -0.444 e. The second-order valence-electron chi connectivity index (χ2n) is 5.77. The summed E-state index contributed by atoms with van der Waals surface area (Å²) in [7, 11) is 0. The first kappa shape index (κ1) is 12.0. The number of nitrogens with one attached hydrogen (secondary N) is 1. The molecule has 0 unspecified atom stereocenters. The van der Waals surface area contributed by atoms with Crippen molar-refractivity contribution in [2.45, 2.75) is 38.8 Å². The number of carbonyl (C=O) groups excluding carboxylic acids is 1. The highest BCUT2D eigenvalue weighted by Gasteiger charge is 2.45. The van der Waals surface area contributed by atoms with Crippen LogP contribution in [0.15, 0.2) is 12.2 Å². The molecule has 2 bridgehead atoms. The van der Waals surface area contributed by atoms with E-state index in [2.05, 4.69) is 17.5 Å². The van der Waals surface area contributed by atoms with Gasteiger partial charge in [0, 0.05) is 12.0 Å². The molecular formula is C13H18N2O2. The van der Waals surface area contributed by atoms with Crippen molar-refractivity contribution in [2.75, 3.05) is 0 Å². The molecule has 0 heterocycles. The highest BCUT2D eigenvalue weighted by atomic mass is 16.6. The van der Waals surface area contributed by atoms with Crippen LogP contribution >= 0.6 is 0 Å². The van der Waals surface area contributed by atoms with Crippen molar-refractivity contribution in [1.29, 1.82) is 5.26 Å². The zero-order chi connectivity index (χ0) is 12.6. The topological polar surface area (TPSA) is 62.1 Å². The van der Waals surface area contributed by atoms with E-state index in [-0.39, 0.29) is 29.9 Å². The lowest BCUT2D eigenvalue weighted by molar-refractivity contribution is 0.0492. The van der Waals surface area contributed by atoms with Crippen LogP contribution in [0.3, 0.4) is 0 Å². The van der Waals surface area contributed by atoms with Gasteiger partial charge in [-0.3, -0.25) is 0 Å². The molecule has 4 heteroatoms. The monoisotopic (exact) mass is 234 g/mol. The number of nitrogens with zero attached hydrogens (tertiary/aromatic N) is 1. The normalized spacial score (nSPS) is 34.5. The summed E-state index contributed by atoms with van der Waals surface area (Å²) in [6, 6.07) is 2.34. The summed E-state index contributed by atoms with van der Waals surface area (Å²) in [6.45, 7) is 5.52. The Balaban J connectivity index is 1.94. The minimum atomic E-state index is -0.482. The van der Waals surface area contributed by atoms with Gasteiger partial charge in [-0.2, -0.15) is 5.26 Å². The maximum Gasteiger partial charge on any atom is 0.407 e. The second kappa shape index (κ2) is 4.06. The molecule has 1 saturated carbocycles. The van der Waals surface area contributed by atoms with Crippen molar-refractivity contribution in [3.63, 3.8) is 0 Å². The number of carbonyl (C=O) groups is 1. The Morgan fingerprint density at radius 3 is 2.71 bits per heavy atom. The molecule has 17 heavy (non-hydrogen) atoms. The van der Waals surface area contributed by atoms with Gasteiger partial charge in [-0.1, -0.05) is 12.2 Å². The van der Waals surface area contributed by atoms with Gasteiger partial charge in [-0.15, -0.1) is 0 Å². The molecule has 1 fully saturated rings. The lowest BCUT2D eigenvalue weighted by Crippen LogP contribution is -2.42. The van der Waals surface area contributed by atoms with E-state index in [1.165, 1.54) is 0 Å². The highest BCUT2D eigenvalue weighted by Crippen LogP contribution is 2.43. The number of alkyl carbamates (subject to hydrolysis) is 1. The smallest absolute Gasteiger partial charge is 0.407 e. The molecule has 0 spiro atoms. The van der Waals surface area contributed by atoms with Gasteiger partial charge in [-0.25, -0.2) is 4.79 Å². The predicted octanol–water partition coefficient (Wildman–Crippen LogP) is 2.23. The first-order valence-corrected chi connectivity index (χ1v) is 5.98. The fraction of sp³-hybridized carbons (Fsp3) is 0.692. The van der Waals surface area contributed by atoms with Crippen molar-refractivity contribution in [3.8, 4) is 6.07 Å². The van der Waals surface area contributed by atoms with E-state index in [4.69, 9.17) is 10.00 Å². The quantitative estimate of drug-likeness (QED) is 0.708. The SMILES string of the molecule is CC(C)(C)OC(=O)N[C@H]1[C@H]2C=C[C@@H]1C[C@@H]2C#N. The lowest BCUT2D eigenvalue weighted by atomic mass is 9.95. The van der Waals surface area contributed by atoms with Crippen molar-refractivity contribution in [1.82, 2.24) is 5.32 Å². The molecule has 1 N–H and O–H groups in total. The summed E-state index contributed by atoms with van der Waals surface area (Å²) in [5, 5.41) is 11.9. The molecule has 2 aliphatic carbocycles. The third-order valence-electron chi connectivity index (χ3n) is 3.30. The van der Waals surface area contributed by atoms with Gasteiger partial charge in [-0.05, 0) is 33.1 Å². The molecule has 0 radical (unpaired) electrons. The summed E-state index contributed by atoms with van der Waals surface area (Å²) >= 11 is 0. The zero-order valence-corrected chi connectivity index (χ0v) is 10.4. The molecule has 0 saturated heterocycles. The fourth-order valence-corrected chi connectivity index (χ4v) is 2.64. The Morgan fingerprint density at radius 1 is 1.47 bits per heavy atom. The molecular weight excluding hydrogens is 216 g/mol. The zero-order valence-electron chi connectivity index (χ0n) is 10.4. The first-order chi connectivity index (χ1) is 7.90. The largest absolute Gasteiger partial charge is 0.444 e. The van der Waals surface area contributed by atoms with Crippen molar-refractivity contribution in [3.05, 3.63) is 12.2 Å². The number of hydrogen-bond acceptors (Lipinski definition) is 3. The van der Waals surface area contributed by atoms with E-state index in [1.54, 1.807) is 0 Å². The van der Waals surface area contributed by atoms with Crippen LogP contribution in [-0.2, 0) is 4.74 Å². The standard InChI is InChI=1S/C13H18N2O2/c1-13(2,3)17-12(16)15-11-8-4-5-10(11)9(6-8)7-14/h4-5,8-11H,6H2,1-3H3,(H,15,16)/t8-,9-,10+,11-/m1/s1. The average Bonchev–Trinajstić information content (AvgIpc) is 2.72. The van der Waals surface area contributed by atoms with E-state index >= 15 is 0 Å². The molecule has 2 rings (SSSR count). The van der Waals surface area contributed by atoms with Crippen molar-refractivity contribution >= 4 is 6.09 Å². The molecule has 1 amide bonds. The van der Waals surface area contributed by atoms with Crippen LogP contribution in [0.5, 0.6) is 0 Å². The molecule has 0 aromatic heterocycles. The molecule has 2 aliphatic rings. The molecule has 0 aromatic rings. The Kier molecular flexibility index (Phi) is 2.86. The van der Waals surface area contributed by atoms with E-state index < -0.39 is 5.60 Å². The number of amides is 1. The molecule has 4 nitrogen and oxygen atoms in total. The van der Waals surface area contributed by atoms with E-state index in [0.717, 1.165) is 6.42 Å². The van der Waals surface area contributed by atoms with Gasteiger partial charge in [0.1, 0.15) is 5.60 Å². The number of rotatable bonds is 1. The highest BCUT2D eigenvalue weighted by molar-refractivity contribution is 5.68. The molecule has 92 valence electrons. The Hall–Kier alpha value is -1.50. The average molecular weight is 234 g/mol. The third kappa shape index (κ3) is 2.44. The van der Waals surface area contributed by atoms with Crippen molar-refractivity contribution < 1.29 is 9.53 Å². The van der Waals surface area contributed by atoms with Crippen LogP contribution in [0.1, 0.15) is 27.2 Å².